The Labute approximate surface area is 94.7 Å². The number of benzene rings is 1. The van der Waals surface area contributed by atoms with Gasteiger partial charge in [-0.2, -0.15) is 0 Å². The highest BCUT2D eigenvalue weighted by molar-refractivity contribution is 5.27. The monoisotopic (exact) mass is 203 g/mol. The number of hydrogen-bond acceptors (Lipinski definition) is 0. The molecule has 0 fully saturated rings. The third-order valence-electron chi connectivity index (χ3n) is 2.74. The Balaban J connectivity index is 2.35. The van der Waals surface area contributed by atoms with E-state index in [9.17, 15) is 0 Å². The van der Waals surface area contributed by atoms with Gasteiger partial charge in [-0.15, -0.1) is 0 Å². The van der Waals surface area contributed by atoms with E-state index >= 15 is 0 Å². The predicted molar refractivity (Wildman–Crippen MR) is 68.0 cm³/mol. The van der Waals surface area contributed by atoms with Gasteiger partial charge in [-0.05, 0) is 36.8 Å². The summed E-state index contributed by atoms with van der Waals surface area (Å²) in [5.41, 5.74) is 2.85. The maximum Gasteiger partial charge on any atom is -0.00931 e. The van der Waals surface area contributed by atoms with Gasteiger partial charge in [0.05, 0.1) is 0 Å². The largest absolute Gasteiger partial charge is 0.0654 e. The molecule has 0 amide bonds. The Morgan fingerprint density at radius 3 is 2.20 bits per heavy atom. The molecule has 0 aliphatic heterocycles. The Kier molecular flexibility index (Phi) is 6.15. The number of unbranched alkanes of at least 4 members (excludes halogenated alkanes) is 3. The quantitative estimate of drug-likeness (QED) is 0.560. The van der Waals surface area contributed by atoms with Gasteiger partial charge in [0, 0.05) is 0 Å². The average molecular weight is 203 g/mol. The zero-order chi connectivity index (χ0) is 10.9. The van der Waals surface area contributed by atoms with Crippen LogP contribution in [0.2, 0.25) is 0 Å². The summed E-state index contributed by atoms with van der Waals surface area (Å²) < 4.78 is 0. The van der Waals surface area contributed by atoms with Crippen LogP contribution >= 0.6 is 0 Å². The van der Waals surface area contributed by atoms with Crippen LogP contribution in [0.4, 0.5) is 0 Å². The lowest BCUT2D eigenvalue weighted by molar-refractivity contribution is 0.788. The second kappa shape index (κ2) is 7.50. The summed E-state index contributed by atoms with van der Waals surface area (Å²) in [6.07, 6.45) is 9.95. The lowest BCUT2D eigenvalue weighted by atomic mass is 10.0. The van der Waals surface area contributed by atoms with E-state index in [0.29, 0.717) is 0 Å². The lowest BCUT2D eigenvalue weighted by Crippen LogP contribution is -1.87. The van der Waals surface area contributed by atoms with Gasteiger partial charge in [0.25, 0.3) is 0 Å². The van der Waals surface area contributed by atoms with Gasteiger partial charge in [-0.25, -0.2) is 0 Å². The van der Waals surface area contributed by atoms with Crippen LogP contribution in [0.5, 0.6) is 0 Å². The Morgan fingerprint density at radius 1 is 0.933 bits per heavy atom. The second-order valence-electron chi connectivity index (χ2n) is 4.19. The van der Waals surface area contributed by atoms with Gasteiger partial charge in [0.2, 0.25) is 0 Å². The molecule has 0 heterocycles. The summed E-state index contributed by atoms with van der Waals surface area (Å²) in [5.74, 6) is 0. The van der Waals surface area contributed by atoms with Crippen molar-refractivity contribution in [2.75, 3.05) is 0 Å². The molecular formula is C15H23. The molecular weight excluding hydrogens is 180 g/mol. The topological polar surface area (TPSA) is 0 Å². The van der Waals surface area contributed by atoms with E-state index in [1.807, 2.05) is 0 Å². The highest BCUT2D eigenvalue weighted by atomic mass is 14.0. The molecule has 0 unspecified atom stereocenters. The van der Waals surface area contributed by atoms with Crippen molar-refractivity contribution in [1.82, 2.24) is 0 Å². The summed E-state index contributed by atoms with van der Waals surface area (Å²) >= 11 is 0. The maximum absolute atomic E-state index is 2.34. The molecule has 0 atom stereocenters. The van der Waals surface area contributed by atoms with Crippen LogP contribution in [0, 0.1) is 6.42 Å². The van der Waals surface area contributed by atoms with Crippen molar-refractivity contribution < 1.29 is 0 Å². The van der Waals surface area contributed by atoms with Crippen molar-refractivity contribution in [3.8, 4) is 0 Å². The van der Waals surface area contributed by atoms with Crippen molar-refractivity contribution in [3.05, 3.63) is 41.8 Å². The normalized spacial score (nSPS) is 10.5. The third-order valence-corrected chi connectivity index (χ3v) is 2.74. The fraction of sp³-hybridized carbons (Fsp3) is 0.533. The number of hydrogen-bond donors (Lipinski definition) is 0. The van der Waals surface area contributed by atoms with Crippen LogP contribution in [0.25, 0.3) is 0 Å². The van der Waals surface area contributed by atoms with Gasteiger partial charge in [0.15, 0.2) is 0 Å². The molecule has 15 heavy (non-hydrogen) atoms. The lowest BCUT2D eigenvalue weighted by Gasteiger charge is -2.03. The Hall–Kier alpha value is -0.780. The van der Waals surface area contributed by atoms with Crippen molar-refractivity contribution in [1.29, 1.82) is 0 Å². The van der Waals surface area contributed by atoms with Crippen LogP contribution < -0.4 is 0 Å². The molecule has 0 saturated carbocycles. The third kappa shape index (κ3) is 5.01. The highest BCUT2D eigenvalue weighted by Crippen LogP contribution is 2.12. The van der Waals surface area contributed by atoms with Gasteiger partial charge in [0.1, 0.15) is 0 Å². The van der Waals surface area contributed by atoms with Crippen molar-refractivity contribution >= 4 is 0 Å². The molecule has 1 radical (unpaired) electrons. The molecule has 0 heteroatoms. The SMILES string of the molecule is CCCC[CH]c1ccc(CCCC)cc1. The second-order valence-corrected chi connectivity index (χ2v) is 4.19. The molecule has 83 valence electrons. The van der Waals surface area contributed by atoms with Crippen molar-refractivity contribution in [2.45, 2.75) is 52.4 Å². The zero-order valence-corrected chi connectivity index (χ0v) is 10.1. The van der Waals surface area contributed by atoms with E-state index < -0.39 is 0 Å². The first-order chi connectivity index (χ1) is 7.36. The minimum atomic E-state index is 1.21. The zero-order valence-electron chi connectivity index (χ0n) is 10.1. The molecule has 1 aromatic carbocycles. The minimum absolute atomic E-state index is 1.21. The molecule has 1 rings (SSSR count). The summed E-state index contributed by atoms with van der Waals surface area (Å²) in [6.45, 7) is 4.48. The fourth-order valence-corrected chi connectivity index (χ4v) is 1.67. The molecule has 0 saturated heterocycles. The summed E-state index contributed by atoms with van der Waals surface area (Å²) in [5, 5.41) is 0. The molecule has 0 aromatic heterocycles. The van der Waals surface area contributed by atoms with Crippen LogP contribution in [-0.2, 0) is 6.42 Å². The van der Waals surface area contributed by atoms with Gasteiger partial charge >= 0.3 is 0 Å². The molecule has 0 nitrogen and oxygen atoms in total. The van der Waals surface area contributed by atoms with Gasteiger partial charge in [-0.3, -0.25) is 0 Å². The minimum Gasteiger partial charge on any atom is -0.0654 e. The summed E-state index contributed by atoms with van der Waals surface area (Å²) in [7, 11) is 0. The van der Waals surface area contributed by atoms with Crippen molar-refractivity contribution in [2.24, 2.45) is 0 Å². The molecule has 0 N–H and O–H groups in total. The smallest absolute Gasteiger partial charge is 0.00931 e. The van der Waals surface area contributed by atoms with E-state index in [-0.39, 0.29) is 0 Å². The van der Waals surface area contributed by atoms with Crippen LogP contribution in [-0.4, -0.2) is 0 Å². The van der Waals surface area contributed by atoms with Crippen LogP contribution in [0.3, 0.4) is 0 Å². The Morgan fingerprint density at radius 2 is 1.60 bits per heavy atom. The molecule has 0 aliphatic rings. The van der Waals surface area contributed by atoms with Crippen LogP contribution in [0.15, 0.2) is 24.3 Å². The summed E-state index contributed by atoms with van der Waals surface area (Å²) in [4.78, 5) is 0. The standard InChI is InChI=1S/C15H23/c1-3-5-7-9-15-12-10-14(11-13-15)8-6-4-2/h9-13H,3-8H2,1-2H3. The van der Waals surface area contributed by atoms with Crippen LogP contribution in [0.1, 0.15) is 57.1 Å². The first-order valence-electron chi connectivity index (χ1n) is 6.29. The fourth-order valence-electron chi connectivity index (χ4n) is 1.67. The maximum atomic E-state index is 2.34. The van der Waals surface area contributed by atoms with Crippen molar-refractivity contribution in [3.63, 3.8) is 0 Å². The first kappa shape index (κ1) is 12.3. The number of aryl methyl sites for hydroxylation is 1. The summed E-state index contributed by atoms with van der Waals surface area (Å²) in [6, 6.07) is 9.04. The van der Waals surface area contributed by atoms with E-state index in [0.717, 1.165) is 0 Å². The van der Waals surface area contributed by atoms with Gasteiger partial charge < -0.3 is 0 Å². The first-order valence-corrected chi connectivity index (χ1v) is 6.29. The average Bonchev–Trinajstić information content (AvgIpc) is 2.28. The molecule has 1 aromatic rings. The Bertz CT molecular complexity index is 245. The molecule has 0 aliphatic carbocycles. The van der Waals surface area contributed by atoms with Gasteiger partial charge in [-0.1, -0.05) is 57.4 Å². The molecule has 0 bridgehead atoms. The van der Waals surface area contributed by atoms with E-state index in [2.05, 4.69) is 44.5 Å². The van der Waals surface area contributed by atoms with E-state index in [1.165, 1.54) is 49.7 Å². The van der Waals surface area contributed by atoms with E-state index in [1.54, 1.807) is 0 Å². The van der Waals surface area contributed by atoms with E-state index in [4.69, 9.17) is 0 Å². The highest BCUT2D eigenvalue weighted by Gasteiger charge is 1.95. The predicted octanol–water partition coefficient (Wildman–Crippen LogP) is 4.77. The number of rotatable bonds is 7. The molecule has 0 spiro atoms.